The lowest BCUT2D eigenvalue weighted by molar-refractivity contribution is -0.149. The number of aryl methyl sites for hydroxylation is 1. The molecular formula is C16H20N2O2S. The fourth-order valence-electron chi connectivity index (χ4n) is 1.85. The van der Waals surface area contributed by atoms with E-state index >= 15 is 0 Å². The summed E-state index contributed by atoms with van der Waals surface area (Å²) in [6.45, 7) is 5.53. The first-order chi connectivity index (χ1) is 10.1. The van der Waals surface area contributed by atoms with Gasteiger partial charge in [-0.2, -0.15) is 0 Å². The number of nitrogens with zero attached hydrogens (tertiary/aromatic N) is 1. The summed E-state index contributed by atoms with van der Waals surface area (Å²) in [7, 11) is 0. The highest BCUT2D eigenvalue weighted by Gasteiger charge is 2.14. The van der Waals surface area contributed by atoms with Gasteiger partial charge in [-0.3, -0.25) is 4.79 Å². The van der Waals surface area contributed by atoms with Gasteiger partial charge in [0.15, 0.2) is 0 Å². The molecule has 1 atom stereocenters. The van der Waals surface area contributed by atoms with Crippen molar-refractivity contribution in [3.8, 4) is 0 Å². The second-order valence-electron chi connectivity index (χ2n) is 4.97. The number of benzene rings is 1. The van der Waals surface area contributed by atoms with Crippen molar-refractivity contribution in [3.63, 3.8) is 0 Å². The molecule has 1 N–H and O–H groups in total. The number of nitrogens with one attached hydrogen (secondary N) is 1. The van der Waals surface area contributed by atoms with Gasteiger partial charge in [0.05, 0.1) is 10.9 Å². The van der Waals surface area contributed by atoms with Gasteiger partial charge in [-0.15, -0.1) is 11.3 Å². The molecule has 2 rings (SSSR count). The van der Waals surface area contributed by atoms with Crippen LogP contribution in [0.15, 0.2) is 36.5 Å². The van der Waals surface area contributed by atoms with Crippen molar-refractivity contribution >= 4 is 17.3 Å². The molecule has 4 nitrogen and oxygen atoms in total. The van der Waals surface area contributed by atoms with Gasteiger partial charge in [0.1, 0.15) is 6.61 Å². The van der Waals surface area contributed by atoms with E-state index in [2.05, 4.69) is 10.3 Å². The van der Waals surface area contributed by atoms with E-state index in [1.807, 2.05) is 50.4 Å². The van der Waals surface area contributed by atoms with Crippen molar-refractivity contribution in [2.75, 3.05) is 6.54 Å². The van der Waals surface area contributed by atoms with Crippen LogP contribution in [0.1, 0.15) is 22.4 Å². The summed E-state index contributed by atoms with van der Waals surface area (Å²) in [5, 5.41) is 4.32. The van der Waals surface area contributed by atoms with Crippen LogP contribution in [0.25, 0.3) is 0 Å². The smallest absolute Gasteiger partial charge is 0.310 e. The van der Waals surface area contributed by atoms with Crippen LogP contribution in [0.4, 0.5) is 0 Å². The molecule has 5 heteroatoms. The summed E-state index contributed by atoms with van der Waals surface area (Å²) in [4.78, 5) is 17.3. The minimum Gasteiger partial charge on any atom is -0.461 e. The molecule has 0 aliphatic rings. The molecule has 0 aliphatic carbocycles. The molecule has 0 saturated heterocycles. The Balaban J connectivity index is 1.67. The lowest BCUT2D eigenvalue weighted by atomic mass is 10.2. The average Bonchev–Trinajstić information content (AvgIpc) is 2.91. The van der Waals surface area contributed by atoms with Gasteiger partial charge in [0, 0.05) is 24.2 Å². The van der Waals surface area contributed by atoms with Gasteiger partial charge in [0.25, 0.3) is 0 Å². The topological polar surface area (TPSA) is 51.2 Å². The Hall–Kier alpha value is -1.72. The highest BCUT2D eigenvalue weighted by molar-refractivity contribution is 7.11. The maximum absolute atomic E-state index is 11.9. The first kappa shape index (κ1) is 15.7. The largest absolute Gasteiger partial charge is 0.461 e. The van der Waals surface area contributed by atoms with Gasteiger partial charge in [-0.1, -0.05) is 37.3 Å². The van der Waals surface area contributed by atoms with E-state index in [-0.39, 0.29) is 11.9 Å². The highest BCUT2D eigenvalue weighted by Crippen LogP contribution is 2.11. The molecule has 0 aliphatic heterocycles. The molecule has 1 aromatic carbocycles. The Morgan fingerprint density at radius 3 is 2.81 bits per heavy atom. The molecule has 1 heterocycles. The van der Waals surface area contributed by atoms with Crippen LogP contribution >= 0.6 is 11.3 Å². The molecule has 2 aromatic rings. The first-order valence-electron chi connectivity index (χ1n) is 6.97. The van der Waals surface area contributed by atoms with Gasteiger partial charge in [0.2, 0.25) is 0 Å². The molecule has 112 valence electrons. The number of carbonyl (C=O) groups is 1. The second kappa shape index (κ2) is 7.90. The van der Waals surface area contributed by atoms with E-state index in [0.29, 0.717) is 13.2 Å². The molecule has 0 spiro atoms. The van der Waals surface area contributed by atoms with Crippen molar-refractivity contribution in [1.82, 2.24) is 10.3 Å². The summed E-state index contributed by atoms with van der Waals surface area (Å²) in [5.74, 6) is -0.338. The van der Waals surface area contributed by atoms with Crippen LogP contribution in [-0.4, -0.2) is 17.5 Å². The van der Waals surface area contributed by atoms with E-state index < -0.39 is 0 Å². The highest BCUT2D eigenvalue weighted by atomic mass is 32.1. The van der Waals surface area contributed by atoms with Gasteiger partial charge < -0.3 is 10.1 Å². The fourth-order valence-corrected chi connectivity index (χ4v) is 2.62. The van der Waals surface area contributed by atoms with Crippen LogP contribution in [0.3, 0.4) is 0 Å². The monoisotopic (exact) mass is 304 g/mol. The molecular weight excluding hydrogens is 284 g/mol. The molecule has 1 aromatic heterocycles. The first-order valence-corrected chi connectivity index (χ1v) is 7.79. The SMILES string of the molecule is Cc1ncc(CNCC(C)C(=O)OCc2ccccc2)s1. The fraction of sp³-hybridized carbons (Fsp3) is 0.375. The standard InChI is InChI=1S/C16H20N2O2S/c1-12(8-17-9-15-10-18-13(2)21-15)16(19)20-11-14-6-4-3-5-7-14/h3-7,10,12,17H,8-9,11H2,1-2H3. The quantitative estimate of drug-likeness (QED) is 0.799. The van der Waals surface area contributed by atoms with Crippen molar-refractivity contribution in [3.05, 3.63) is 52.0 Å². The van der Waals surface area contributed by atoms with Crippen molar-refractivity contribution in [2.24, 2.45) is 5.92 Å². The predicted molar refractivity (Wildman–Crippen MR) is 84.0 cm³/mol. The Kier molecular flexibility index (Phi) is 5.90. The molecule has 0 radical (unpaired) electrons. The average molecular weight is 304 g/mol. The lowest BCUT2D eigenvalue weighted by Crippen LogP contribution is -2.27. The maximum atomic E-state index is 11.9. The number of thiazole rings is 1. The number of hydrogen-bond donors (Lipinski definition) is 1. The van der Waals surface area contributed by atoms with Gasteiger partial charge in [-0.25, -0.2) is 4.98 Å². The van der Waals surface area contributed by atoms with E-state index in [1.54, 1.807) is 11.3 Å². The van der Waals surface area contributed by atoms with Gasteiger partial charge in [-0.05, 0) is 12.5 Å². The number of esters is 1. The summed E-state index contributed by atoms with van der Waals surface area (Å²) in [6, 6.07) is 9.71. The molecule has 0 saturated carbocycles. The second-order valence-corrected chi connectivity index (χ2v) is 6.29. The zero-order valence-electron chi connectivity index (χ0n) is 12.3. The third kappa shape index (κ3) is 5.28. The Morgan fingerprint density at radius 2 is 2.14 bits per heavy atom. The number of aromatic nitrogens is 1. The Labute approximate surface area is 129 Å². The van der Waals surface area contributed by atoms with Crippen LogP contribution in [-0.2, 0) is 22.7 Å². The van der Waals surface area contributed by atoms with Crippen LogP contribution in [0.5, 0.6) is 0 Å². The molecule has 0 bridgehead atoms. The maximum Gasteiger partial charge on any atom is 0.310 e. The lowest BCUT2D eigenvalue weighted by Gasteiger charge is -2.12. The van der Waals surface area contributed by atoms with Crippen LogP contribution in [0, 0.1) is 12.8 Å². The van der Waals surface area contributed by atoms with Crippen molar-refractivity contribution in [1.29, 1.82) is 0 Å². The molecule has 0 fully saturated rings. The minimum atomic E-state index is -0.174. The summed E-state index contributed by atoms with van der Waals surface area (Å²) in [6.07, 6.45) is 1.87. The third-order valence-corrected chi connectivity index (χ3v) is 3.96. The van der Waals surface area contributed by atoms with E-state index in [9.17, 15) is 4.79 Å². The number of ether oxygens (including phenoxy) is 1. The number of rotatable bonds is 7. The van der Waals surface area contributed by atoms with Crippen LogP contribution in [0.2, 0.25) is 0 Å². The number of carbonyl (C=O) groups excluding carboxylic acids is 1. The zero-order chi connectivity index (χ0) is 15.1. The van der Waals surface area contributed by atoms with E-state index in [4.69, 9.17) is 4.74 Å². The molecule has 0 amide bonds. The third-order valence-electron chi connectivity index (χ3n) is 3.05. The minimum absolute atomic E-state index is 0.164. The predicted octanol–water partition coefficient (Wildman–Crippen LogP) is 2.92. The van der Waals surface area contributed by atoms with Crippen molar-refractivity contribution < 1.29 is 9.53 Å². The Morgan fingerprint density at radius 1 is 1.38 bits per heavy atom. The number of hydrogen-bond acceptors (Lipinski definition) is 5. The van der Waals surface area contributed by atoms with E-state index in [0.717, 1.165) is 17.1 Å². The molecule has 1 unspecified atom stereocenters. The molecule has 21 heavy (non-hydrogen) atoms. The van der Waals surface area contributed by atoms with Crippen molar-refractivity contribution in [2.45, 2.75) is 27.0 Å². The normalized spacial score (nSPS) is 12.1. The van der Waals surface area contributed by atoms with Crippen LogP contribution < -0.4 is 5.32 Å². The Bertz CT molecular complexity index is 569. The van der Waals surface area contributed by atoms with E-state index in [1.165, 1.54) is 4.88 Å². The zero-order valence-corrected chi connectivity index (χ0v) is 13.2. The summed E-state index contributed by atoms with van der Waals surface area (Å²) in [5.41, 5.74) is 1.01. The summed E-state index contributed by atoms with van der Waals surface area (Å²) >= 11 is 1.67. The van der Waals surface area contributed by atoms with Gasteiger partial charge >= 0.3 is 5.97 Å². The summed E-state index contributed by atoms with van der Waals surface area (Å²) < 4.78 is 5.31.